The molecule has 186 valence electrons. The molecule has 35 heavy (non-hydrogen) atoms. The van der Waals surface area contributed by atoms with Gasteiger partial charge in [0.2, 0.25) is 11.8 Å². The van der Waals surface area contributed by atoms with Gasteiger partial charge in [0.05, 0.1) is 12.2 Å². The smallest absolute Gasteiger partial charge is 0.314 e. The minimum atomic E-state index is -4.07. The Morgan fingerprint density at radius 3 is 2.34 bits per heavy atom. The molecule has 0 bridgehead atoms. The van der Waals surface area contributed by atoms with Crippen molar-refractivity contribution >= 4 is 21.8 Å². The molecule has 1 saturated heterocycles. The van der Waals surface area contributed by atoms with E-state index < -0.39 is 28.3 Å². The van der Waals surface area contributed by atoms with Gasteiger partial charge in [-0.1, -0.05) is 24.3 Å². The van der Waals surface area contributed by atoms with Crippen LogP contribution in [-0.2, 0) is 21.5 Å². The fraction of sp³-hybridized carbons (Fsp3) is 0.318. The van der Waals surface area contributed by atoms with Crippen LogP contribution in [-0.4, -0.2) is 59.9 Å². The molecule has 0 radical (unpaired) electrons. The Labute approximate surface area is 199 Å². The van der Waals surface area contributed by atoms with E-state index in [9.17, 15) is 22.0 Å². The molecule has 0 saturated carbocycles. The maximum Gasteiger partial charge on any atom is 0.314 e. The summed E-state index contributed by atoms with van der Waals surface area (Å²) in [5.74, 6) is -2.06. The van der Waals surface area contributed by atoms with E-state index in [1.54, 1.807) is 35.2 Å². The van der Waals surface area contributed by atoms with Crippen molar-refractivity contribution in [3.05, 3.63) is 65.8 Å². The summed E-state index contributed by atoms with van der Waals surface area (Å²) in [5, 5.41) is 6.73. The SMILES string of the molecule is CC(=O)N1CCN(S(=O)(=O)N(Cc2ccc(-c3nnc(C(F)F)o3)cc2F)c2ccccc2)CC1. The van der Waals surface area contributed by atoms with E-state index in [4.69, 9.17) is 4.42 Å². The molecule has 1 amide bonds. The number of amides is 1. The number of hydrogen-bond acceptors (Lipinski definition) is 6. The zero-order chi connectivity index (χ0) is 25.2. The summed E-state index contributed by atoms with van der Waals surface area (Å²) >= 11 is 0. The Morgan fingerprint density at radius 1 is 1.09 bits per heavy atom. The third kappa shape index (κ3) is 5.30. The van der Waals surface area contributed by atoms with Gasteiger partial charge in [-0.25, -0.2) is 4.39 Å². The number of halogens is 3. The van der Waals surface area contributed by atoms with Crippen LogP contribution in [0, 0.1) is 5.82 Å². The number of anilines is 1. The molecule has 3 aromatic rings. The lowest BCUT2D eigenvalue weighted by Crippen LogP contribution is -2.53. The van der Waals surface area contributed by atoms with Crippen molar-refractivity contribution in [2.24, 2.45) is 0 Å². The molecule has 1 aromatic heterocycles. The Kier molecular flexibility index (Phi) is 7.08. The number of benzene rings is 2. The van der Waals surface area contributed by atoms with Gasteiger partial charge in [-0.05, 0) is 24.3 Å². The number of carbonyl (C=O) groups is 1. The van der Waals surface area contributed by atoms with Gasteiger partial charge < -0.3 is 9.32 Å². The molecule has 0 atom stereocenters. The molecule has 0 aliphatic carbocycles. The molecule has 0 N–H and O–H groups in total. The van der Waals surface area contributed by atoms with E-state index in [-0.39, 0.29) is 55.6 Å². The average molecular weight is 510 g/mol. The molecule has 0 unspecified atom stereocenters. The van der Waals surface area contributed by atoms with E-state index >= 15 is 4.39 Å². The van der Waals surface area contributed by atoms with Gasteiger partial charge in [0, 0.05) is 44.2 Å². The first-order valence-corrected chi connectivity index (χ1v) is 12.0. The number of hydrogen-bond donors (Lipinski definition) is 0. The van der Waals surface area contributed by atoms with Crippen LogP contribution >= 0.6 is 0 Å². The number of piperazine rings is 1. The molecule has 0 spiro atoms. The summed E-state index contributed by atoms with van der Waals surface area (Å²) in [5.41, 5.74) is 0.473. The van der Waals surface area contributed by atoms with Crippen molar-refractivity contribution in [1.29, 1.82) is 0 Å². The molecule has 2 aromatic carbocycles. The fourth-order valence-corrected chi connectivity index (χ4v) is 5.27. The number of alkyl halides is 2. The Hall–Kier alpha value is -3.45. The van der Waals surface area contributed by atoms with Crippen LogP contribution in [0.15, 0.2) is 52.9 Å². The van der Waals surface area contributed by atoms with E-state index in [1.807, 2.05) is 0 Å². The van der Waals surface area contributed by atoms with Crippen molar-refractivity contribution in [3.63, 3.8) is 0 Å². The monoisotopic (exact) mass is 509 g/mol. The highest BCUT2D eigenvalue weighted by atomic mass is 32.2. The van der Waals surface area contributed by atoms with Crippen LogP contribution in [0.25, 0.3) is 11.5 Å². The van der Waals surface area contributed by atoms with Crippen LogP contribution in [0.2, 0.25) is 0 Å². The number of carbonyl (C=O) groups excluding carboxylic acids is 1. The summed E-state index contributed by atoms with van der Waals surface area (Å²) in [6, 6.07) is 12.0. The standard InChI is InChI=1S/C22H22F3N5O4S/c1-15(31)28-9-11-29(12-10-28)35(32,33)30(18-5-3-2-4-6-18)14-17-8-7-16(13-19(17)23)21-26-27-22(34-21)20(24)25/h2-8,13,20H,9-12,14H2,1H3. The van der Waals surface area contributed by atoms with E-state index in [1.165, 1.54) is 23.4 Å². The van der Waals surface area contributed by atoms with Crippen LogP contribution in [0.3, 0.4) is 0 Å². The van der Waals surface area contributed by atoms with Crippen LogP contribution in [0.5, 0.6) is 0 Å². The van der Waals surface area contributed by atoms with Gasteiger partial charge >= 0.3 is 16.6 Å². The molecule has 1 aliphatic heterocycles. The van der Waals surface area contributed by atoms with Crippen molar-refractivity contribution in [2.75, 3.05) is 30.5 Å². The van der Waals surface area contributed by atoms with E-state index in [2.05, 4.69) is 10.2 Å². The van der Waals surface area contributed by atoms with Crippen molar-refractivity contribution < 1.29 is 30.8 Å². The van der Waals surface area contributed by atoms with Crippen LogP contribution < -0.4 is 4.31 Å². The number of nitrogens with zero attached hydrogens (tertiary/aromatic N) is 5. The van der Waals surface area contributed by atoms with Gasteiger partial charge in [-0.15, -0.1) is 10.2 Å². The lowest BCUT2D eigenvalue weighted by molar-refractivity contribution is -0.129. The van der Waals surface area contributed by atoms with Gasteiger partial charge in [0.1, 0.15) is 5.82 Å². The minimum absolute atomic E-state index is 0.0529. The normalized spacial score (nSPS) is 14.9. The largest absolute Gasteiger partial charge is 0.415 e. The summed E-state index contributed by atoms with van der Waals surface area (Å²) in [7, 11) is -4.07. The summed E-state index contributed by atoms with van der Waals surface area (Å²) < 4.78 is 74.8. The lowest BCUT2D eigenvalue weighted by Gasteiger charge is -2.37. The predicted molar refractivity (Wildman–Crippen MR) is 120 cm³/mol. The third-order valence-electron chi connectivity index (χ3n) is 5.57. The topological polar surface area (TPSA) is 99.9 Å². The van der Waals surface area contributed by atoms with Crippen molar-refractivity contribution in [1.82, 2.24) is 19.4 Å². The van der Waals surface area contributed by atoms with Gasteiger partial charge in [-0.2, -0.15) is 21.5 Å². The molecule has 9 nitrogen and oxygen atoms in total. The molecular formula is C22H22F3N5O4S. The summed E-state index contributed by atoms with van der Waals surface area (Å²) in [6.07, 6.45) is -2.96. The fourth-order valence-electron chi connectivity index (χ4n) is 3.68. The third-order valence-corrected chi connectivity index (χ3v) is 7.49. The molecule has 13 heteroatoms. The van der Waals surface area contributed by atoms with Crippen LogP contribution in [0.1, 0.15) is 24.8 Å². The first-order valence-electron chi connectivity index (χ1n) is 10.7. The number of rotatable bonds is 7. The van der Waals surface area contributed by atoms with E-state index in [0.29, 0.717) is 5.69 Å². The highest BCUT2D eigenvalue weighted by Crippen LogP contribution is 2.28. The molecule has 1 aliphatic rings. The highest BCUT2D eigenvalue weighted by molar-refractivity contribution is 7.90. The maximum absolute atomic E-state index is 15.0. The Bertz CT molecular complexity index is 1300. The number of para-hydroxylation sites is 1. The van der Waals surface area contributed by atoms with Gasteiger partial charge in [-0.3, -0.25) is 9.10 Å². The quantitative estimate of drug-likeness (QED) is 0.485. The summed E-state index contributed by atoms with van der Waals surface area (Å²) in [4.78, 5) is 13.2. The average Bonchev–Trinajstić information content (AvgIpc) is 3.34. The van der Waals surface area contributed by atoms with Crippen molar-refractivity contribution in [3.8, 4) is 11.5 Å². The second-order valence-electron chi connectivity index (χ2n) is 7.81. The first kappa shape index (κ1) is 24.7. The Morgan fingerprint density at radius 2 is 1.77 bits per heavy atom. The minimum Gasteiger partial charge on any atom is -0.415 e. The first-order chi connectivity index (χ1) is 16.7. The molecule has 4 rings (SSSR count). The maximum atomic E-state index is 15.0. The second kappa shape index (κ2) is 10.0. The molecular weight excluding hydrogens is 487 g/mol. The van der Waals surface area contributed by atoms with Gasteiger partial charge in [0.15, 0.2) is 0 Å². The highest BCUT2D eigenvalue weighted by Gasteiger charge is 2.34. The van der Waals surface area contributed by atoms with Crippen LogP contribution in [0.4, 0.5) is 18.9 Å². The lowest BCUT2D eigenvalue weighted by atomic mass is 10.1. The van der Waals surface area contributed by atoms with Gasteiger partial charge in [0.25, 0.3) is 5.89 Å². The predicted octanol–water partition coefficient (Wildman–Crippen LogP) is 3.23. The van der Waals surface area contributed by atoms with E-state index in [0.717, 1.165) is 10.4 Å². The zero-order valence-corrected chi connectivity index (χ0v) is 19.5. The van der Waals surface area contributed by atoms with Crippen molar-refractivity contribution in [2.45, 2.75) is 19.9 Å². The number of aromatic nitrogens is 2. The zero-order valence-electron chi connectivity index (χ0n) is 18.6. The Balaban J connectivity index is 1.61. The molecule has 1 fully saturated rings. The molecule has 2 heterocycles. The second-order valence-corrected chi connectivity index (χ2v) is 9.66. The summed E-state index contributed by atoms with van der Waals surface area (Å²) in [6.45, 7) is 1.83.